The number of nitrogens with zero attached hydrogens (tertiary/aromatic N) is 3. The number of carbonyl (C=O) groups excluding carboxylic acids is 1. The third kappa shape index (κ3) is 2.84. The van der Waals surface area contributed by atoms with Crippen LogP contribution in [0.2, 0.25) is 0 Å². The van der Waals surface area contributed by atoms with E-state index in [1.54, 1.807) is 0 Å². The van der Waals surface area contributed by atoms with E-state index in [2.05, 4.69) is 20.2 Å². The minimum absolute atomic E-state index is 0.0522. The Labute approximate surface area is 137 Å². The lowest BCUT2D eigenvalue weighted by atomic mass is 10.0. The minimum Gasteiger partial charge on any atom is -0.336 e. The first-order valence-electron chi connectivity index (χ1n) is 7.94. The Kier molecular flexibility index (Phi) is 3.78. The number of H-pyrrole nitrogens is 1. The highest BCUT2D eigenvalue weighted by Crippen LogP contribution is 2.20. The van der Waals surface area contributed by atoms with Gasteiger partial charge in [0.25, 0.3) is 5.56 Å². The molecule has 2 amide bonds. The van der Waals surface area contributed by atoms with Crippen molar-refractivity contribution in [3.8, 4) is 0 Å². The van der Waals surface area contributed by atoms with E-state index in [-0.39, 0.29) is 11.6 Å². The SMILES string of the molecule is O=C1NCCN1C1CCN(Cc2nc3ccsc3c(=O)[nH]2)CC1. The molecule has 2 saturated heterocycles. The van der Waals surface area contributed by atoms with Gasteiger partial charge in [0.05, 0.1) is 12.1 Å². The van der Waals surface area contributed by atoms with Crippen LogP contribution < -0.4 is 10.9 Å². The zero-order valence-corrected chi connectivity index (χ0v) is 13.6. The molecule has 0 bridgehead atoms. The summed E-state index contributed by atoms with van der Waals surface area (Å²) in [5, 5.41) is 4.76. The summed E-state index contributed by atoms with van der Waals surface area (Å²) in [7, 11) is 0. The third-order valence-corrected chi connectivity index (χ3v) is 5.53. The van der Waals surface area contributed by atoms with Gasteiger partial charge in [-0.1, -0.05) is 0 Å². The number of hydrogen-bond donors (Lipinski definition) is 2. The van der Waals surface area contributed by atoms with E-state index in [9.17, 15) is 9.59 Å². The molecule has 23 heavy (non-hydrogen) atoms. The van der Waals surface area contributed by atoms with Crippen molar-refractivity contribution in [2.24, 2.45) is 0 Å². The minimum atomic E-state index is -0.0522. The van der Waals surface area contributed by atoms with Crippen LogP contribution >= 0.6 is 11.3 Å². The van der Waals surface area contributed by atoms with Crippen LogP contribution in [0.5, 0.6) is 0 Å². The number of thiophene rings is 1. The van der Waals surface area contributed by atoms with Crippen LogP contribution in [0.3, 0.4) is 0 Å². The molecule has 2 aromatic rings. The fourth-order valence-electron chi connectivity index (χ4n) is 3.43. The average Bonchev–Trinajstić information content (AvgIpc) is 3.17. The monoisotopic (exact) mass is 333 g/mol. The van der Waals surface area contributed by atoms with E-state index in [1.165, 1.54) is 11.3 Å². The van der Waals surface area contributed by atoms with Crippen molar-refractivity contribution in [3.63, 3.8) is 0 Å². The summed E-state index contributed by atoms with van der Waals surface area (Å²) in [5.74, 6) is 0.721. The number of fused-ring (bicyclic) bond motifs is 1. The van der Waals surface area contributed by atoms with Crippen molar-refractivity contribution < 1.29 is 4.79 Å². The zero-order valence-electron chi connectivity index (χ0n) is 12.7. The number of piperidine rings is 1. The van der Waals surface area contributed by atoms with E-state index < -0.39 is 0 Å². The van der Waals surface area contributed by atoms with Gasteiger partial charge >= 0.3 is 6.03 Å². The van der Waals surface area contributed by atoms with Crippen LogP contribution in [-0.4, -0.2) is 58.0 Å². The molecule has 0 aliphatic carbocycles. The quantitative estimate of drug-likeness (QED) is 0.877. The van der Waals surface area contributed by atoms with Gasteiger partial charge in [-0.25, -0.2) is 9.78 Å². The summed E-state index contributed by atoms with van der Waals surface area (Å²) >= 11 is 1.42. The molecule has 2 aliphatic rings. The Hall–Kier alpha value is -1.93. The van der Waals surface area contributed by atoms with Crippen molar-refractivity contribution in [2.75, 3.05) is 26.2 Å². The van der Waals surface area contributed by atoms with Gasteiger partial charge in [0.1, 0.15) is 10.5 Å². The predicted octanol–water partition coefficient (Wildman–Crippen LogP) is 0.974. The molecule has 0 aromatic carbocycles. The number of hydrogen-bond acceptors (Lipinski definition) is 5. The highest BCUT2D eigenvalue weighted by atomic mass is 32.1. The first kappa shape index (κ1) is 14.6. The van der Waals surface area contributed by atoms with Crippen LogP contribution in [0.25, 0.3) is 10.2 Å². The number of aromatic amines is 1. The van der Waals surface area contributed by atoms with Gasteiger partial charge in [-0.15, -0.1) is 11.3 Å². The van der Waals surface area contributed by atoms with Gasteiger partial charge in [-0.2, -0.15) is 0 Å². The average molecular weight is 333 g/mol. The largest absolute Gasteiger partial charge is 0.336 e. The summed E-state index contributed by atoms with van der Waals surface area (Å²) in [4.78, 5) is 35.4. The molecule has 2 fully saturated rings. The second-order valence-electron chi connectivity index (χ2n) is 6.08. The van der Waals surface area contributed by atoms with E-state index in [4.69, 9.17) is 0 Å². The van der Waals surface area contributed by atoms with Crippen LogP contribution in [0.15, 0.2) is 16.2 Å². The highest BCUT2D eigenvalue weighted by Gasteiger charge is 2.30. The molecule has 7 nitrogen and oxygen atoms in total. The molecular formula is C15H19N5O2S. The Morgan fingerprint density at radius 1 is 1.26 bits per heavy atom. The Morgan fingerprint density at radius 2 is 2.09 bits per heavy atom. The van der Waals surface area contributed by atoms with Gasteiger partial charge < -0.3 is 15.2 Å². The smallest absolute Gasteiger partial charge is 0.317 e. The normalized spacial score (nSPS) is 20.3. The summed E-state index contributed by atoms with van der Waals surface area (Å²) in [5.41, 5.74) is 0.723. The first-order chi connectivity index (χ1) is 11.2. The lowest BCUT2D eigenvalue weighted by molar-refractivity contribution is 0.130. The number of likely N-dealkylation sites (tertiary alicyclic amines) is 1. The van der Waals surface area contributed by atoms with Crippen molar-refractivity contribution in [1.29, 1.82) is 0 Å². The van der Waals surface area contributed by atoms with Crippen LogP contribution in [0, 0.1) is 0 Å². The molecule has 8 heteroatoms. The lowest BCUT2D eigenvalue weighted by Crippen LogP contribution is -2.46. The zero-order chi connectivity index (χ0) is 15.8. The summed E-state index contributed by atoms with van der Waals surface area (Å²) in [6, 6.07) is 2.29. The topological polar surface area (TPSA) is 81.3 Å². The fourth-order valence-corrected chi connectivity index (χ4v) is 4.16. The second-order valence-corrected chi connectivity index (χ2v) is 7.00. The third-order valence-electron chi connectivity index (χ3n) is 4.62. The molecule has 2 N–H and O–H groups in total. The van der Waals surface area contributed by atoms with Gasteiger partial charge in [-0.3, -0.25) is 9.69 Å². The Bertz CT molecular complexity index is 778. The molecule has 0 spiro atoms. The number of nitrogens with one attached hydrogen (secondary N) is 2. The van der Waals surface area contributed by atoms with E-state index in [0.717, 1.165) is 50.4 Å². The number of aromatic nitrogens is 2. The van der Waals surface area contributed by atoms with Crippen molar-refractivity contribution in [1.82, 2.24) is 25.1 Å². The standard InChI is InChI=1S/C15H19N5O2S/c21-14-13-11(3-8-23-13)17-12(18-14)9-19-5-1-10(2-6-19)20-7-4-16-15(20)22/h3,8,10H,1-2,4-7,9H2,(H,16,22)(H,17,18,21). The number of amides is 2. The van der Waals surface area contributed by atoms with Crippen LogP contribution in [-0.2, 0) is 6.54 Å². The molecule has 122 valence electrons. The summed E-state index contributed by atoms with van der Waals surface area (Å²) in [6.07, 6.45) is 1.94. The number of rotatable bonds is 3. The maximum atomic E-state index is 12.0. The number of urea groups is 1. The van der Waals surface area contributed by atoms with Gasteiger partial charge in [-0.05, 0) is 24.3 Å². The fraction of sp³-hybridized carbons (Fsp3) is 0.533. The summed E-state index contributed by atoms with van der Waals surface area (Å²) in [6.45, 7) is 4.05. The molecule has 0 unspecified atom stereocenters. The maximum Gasteiger partial charge on any atom is 0.317 e. The van der Waals surface area contributed by atoms with Gasteiger partial charge in [0.2, 0.25) is 0 Å². The first-order valence-corrected chi connectivity index (χ1v) is 8.82. The van der Waals surface area contributed by atoms with E-state index in [0.29, 0.717) is 17.3 Å². The molecule has 0 radical (unpaired) electrons. The molecule has 4 rings (SSSR count). The maximum absolute atomic E-state index is 12.0. The number of carbonyl (C=O) groups is 1. The molecule has 2 aliphatic heterocycles. The van der Waals surface area contributed by atoms with Crippen molar-refractivity contribution in [3.05, 3.63) is 27.6 Å². The molecule has 0 atom stereocenters. The van der Waals surface area contributed by atoms with E-state index >= 15 is 0 Å². The van der Waals surface area contributed by atoms with Crippen molar-refractivity contribution >= 4 is 27.6 Å². The predicted molar refractivity (Wildman–Crippen MR) is 88.6 cm³/mol. The molecule has 2 aromatic heterocycles. The second kappa shape index (κ2) is 5.93. The molecular weight excluding hydrogens is 314 g/mol. The van der Waals surface area contributed by atoms with Gasteiger partial charge in [0, 0.05) is 32.2 Å². The Balaban J connectivity index is 1.40. The van der Waals surface area contributed by atoms with Crippen molar-refractivity contribution in [2.45, 2.75) is 25.4 Å². The van der Waals surface area contributed by atoms with E-state index in [1.807, 2.05) is 16.3 Å². The Morgan fingerprint density at radius 3 is 2.83 bits per heavy atom. The molecule has 4 heterocycles. The molecule has 0 saturated carbocycles. The van der Waals surface area contributed by atoms with Crippen LogP contribution in [0.4, 0.5) is 4.79 Å². The summed E-state index contributed by atoms with van der Waals surface area (Å²) < 4.78 is 0.688. The van der Waals surface area contributed by atoms with Gasteiger partial charge in [0.15, 0.2) is 0 Å². The lowest BCUT2D eigenvalue weighted by Gasteiger charge is -2.35. The van der Waals surface area contributed by atoms with Crippen LogP contribution in [0.1, 0.15) is 18.7 Å². The highest BCUT2D eigenvalue weighted by molar-refractivity contribution is 7.17.